The quantitative estimate of drug-likeness (QED) is 0.413. The molecule has 3 aliphatic rings. The van der Waals surface area contributed by atoms with E-state index in [0.29, 0.717) is 12.3 Å². The number of fused-ring (bicyclic) bond motifs is 1. The van der Waals surface area contributed by atoms with E-state index in [0.717, 1.165) is 18.4 Å². The normalized spacial score (nSPS) is 47.8. The minimum absolute atomic E-state index is 0.00662. The number of ether oxygens (including phenoxy) is 2. The number of carbonyl (C=O) groups is 2. The Bertz CT molecular complexity index is 483. The predicted octanol–water partition coefficient (Wildman–Crippen LogP) is 2.08. The standard InChI is InChI=1S/C15H20O4/c1-8-7-10-11-9(2)14(8,3)5-6-15(11,12(16)18-4)13(17)19-10/h8,10-11H,2,5-7H2,1,3-4H3/t8-,10?,11?,14?,15?/m0/s1. The molecule has 3 fully saturated rings. The number of carbonyl (C=O) groups excluding carboxylic acids is 2. The van der Waals surface area contributed by atoms with Crippen LogP contribution in [0, 0.1) is 22.7 Å². The Morgan fingerprint density at radius 3 is 2.79 bits per heavy atom. The van der Waals surface area contributed by atoms with E-state index >= 15 is 0 Å². The molecule has 0 aromatic heterocycles. The van der Waals surface area contributed by atoms with E-state index in [4.69, 9.17) is 9.47 Å². The van der Waals surface area contributed by atoms with Crippen molar-refractivity contribution in [3.05, 3.63) is 12.2 Å². The maximum atomic E-state index is 12.3. The molecular formula is C15H20O4. The summed E-state index contributed by atoms with van der Waals surface area (Å²) in [6, 6.07) is 0. The maximum absolute atomic E-state index is 12.3. The third-order valence-electron chi connectivity index (χ3n) is 5.90. The van der Waals surface area contributed by atoms with Gasteiger partial charge in [0.2, 0.25) is 0 Å². The van der Waals surface area contributed by atoms with Gasteiger partial charge in [-0.3, -0.25) is 9.59 Å². The molecule has 2 saturated carbocycles. The first-order valence-corrected chi connectivity index (χ1v) is 6.86. The fraction of sp³-hybridized carbons (Fsp3) is 0.733. The van der Waals surface area contributed by atoms with Crippen molar-refractivity contribution in [2.24, 2.45) is 22.7 Å². The van der Waals surface area contributed by atoms with Gasteiger partial charge in [0.15, 0.2) is 5.41 Å². The highest BCUT2D eigenvalue weighted by Gasteiger charge is 2.70. The van der Waals surface area contributed by atoms with Crippen LogP contribution < -0.4 is 0 Å². The van der Waals surface area contributed by atoms with Gasteiger partial charge in [0.05, 0.1) is 7.11 Å². The number of rotatable bonds is 1. The van der Waals surface area contributed by atoms with Gasteiger partial charge < -0.3 is 9.47 Å². The summed E-state index contributed by atoms with van der Waals surface area (Å²) in [5, 5.41) is 0. The molecular weight excluding hydrogens is 244 g/mol. The second-order valence-corrected chi connectivity index (χ2v) is 6.46. The van der Waals surface area contributed by atoms with Crippen molar-refractivity contribution in [1.29, 1.82) is 0 Å². The molecule has 3 rings (SSSR count). The molecule has 4 nitrogen and oxygen atoms in total. The Kier molecular flexibility index (Phi) is 2.42. The summed E-state index contributed by atoms with van der Waals surface area (Å²) >= 11 is 0. The molecule has 0 amide bonds. The first kappa shape index (κ1) is 12.7. The van der Waals surface area contributed by atoms with Crippen LogP contribution in [-0.4, -0.2) is 25.2 Å². The minimum atomic E-state index is -1.13. The van der Waals surface area contributed by atoms with Crippen LogP contribution in [-0.2, 0) is 19.1 Å². The lowest BCUT2D eigenvalue weighted by Crippen LogP contribution is -2.54. The molecule has 4 unspecified atom stereocenters. The minimum Gasteiger partial charge on any atom is -0.468 e. The van der Waals surface area contributed by atoms with Gasteiger partial charge in [0.1, 0.15) is 6.10 Å². The Labute approximate surface area is 113 Å². The second kappa shape index (κ2) is 3.62. The van der Waals surface area contributed by atoms with E-state index in [1.807, 2.05) is 0 Å². The molecule has 2 bridgehead atoms. The number of hydrogen-bond acceptors (Lipinski definition) is 4. The van der Waals surface area contributed by atoms with Crippen LogP contribution in [0.5, 0.6) is 0 Å². The van der Waals surface area contributed by atoms with E-state index in [-0.39, 0.29) is 17.4 Å². The molecule has 0 radical (unpaired) electrons. The molecule has 4 heteroatoms. The Hall–Kier alpha value is -1.32. The lowest BCUT2D eigenvalue weighted by molar-refractivity contribution is -0.166. The molecule has 0 aromatic rings. The number of hydrogen-bond donors (Lipinski definition) is 0. The van der Waals surface area contributed by atoms with E-state index in [2.05, 4.69) is 20.4 Å². The molecule has 1 saturated heterocycles. The fourth-order valence-electron chi connectivity index (χ4n) is 4.36. The van der Waals surface area contributed by atoms with Gasteiger partial charge >= 0.3 is 11.9 Å². The maximum Gasteiger partial charge on any atom is 0.324 e. The van der Waals surface area contributed by atoms with Gasteiger partial charge in [-0.25, -0.2) is 0 Å². The van der Waals surface area contributed by atoms with Gasteiger partial charge in [-0.15, -0.1) is 0 Å². The summed E-state index contributed by atoms with van der Waals surface area (Å²) < 4.78 is 10.4. The Balaban J connectivity index is 2.13. The third-order valence-corrected chi connectivity index (χ3v) is 5.90. The molecule has 1 aliphatic heterocycles. The molecule has 2 aliphatic carbocycles. The summed E-state index contributed by atoms with van der Waals surface area (Å²) in [6.07, 6.45) is 1.91. The molecule has 0 spiro atoms. The molecule has 19 heavy (non-hydrogen) atoms. The van der Waals surface area contributed by atoms with Crippen LogP contribution in [0.25, 0.3) is 0 Å². The highest BCUT2D eigenvalue weighted by molar-refractivity contribution is 6.02. The van der Waals surface area contributed by atoms with Crippen LogP contribution in [0.3, 0.4) is 0 Å². The van der Waals surface area contributed by atoms with Crippen molar-refractivity contribution in [2.45, 2.75) is 39.2 Å². The summed E-state index contributed by atoms with van der Waals surface area (Å²) in [6.45, 7) is 8.59. The SMILES string of the molecule is C=C1C2C3C[C@H](C)C1(C)CCC2(C(=O)OC)C(=O)O3. The first-order chi connectivity index (χ1) is 8.87. The van der Waals surface area contributed by atoms with Crippen LogP contribution in [0.1, 0.15) is 33.1 Å². The summed E-state index contributed by atoms with van der Waals surface area (Å²) in [5.74, 6) is -0.653. The zero-order valence-corrected chi connectivity index (χ0v) is 11.7. The highest BCUT2D eigenvalue weighted by atomic mass is 16.6. The smallest absolute Gasteiger partial charge is 0.324 e. The monoisotopic (exact) mass is 264 g/mol. The average molecular weight is 264 g/mol. The van der Waals surface area contributed by atoms with E-state index < -0.39 is 17.4 Å². The Morgan fingerprint density at radius 1 is 1.47 bits per heavy atom. The topological polar surface area (TPSA) is 52.6 Å². The van der Waals surface area contributed by atoms with Crippen LogP contribution >= 0.6 is 0 Å². The lowest BCUT2D eigenvalue weighted by atomic mass is 9.48. The van der Waals surface area contributed by atoms with Crippen molar-refractivity contribution in [3.8, 4) is 0 Å². The van der Waals surface area contributed by atoms with Gasteiger partial charge in [-0.05, 0) is 30.6 Å². The van der Waals surface area contributed by atoms with Crippen LogP contribution in [0.2, 0.25) is 0 Å². The molecule has 0 N–H and O–H groups in total. The summed E-state index contributed by atoms with van der Waals surface area (Å²) in [4.78, 5) is 24.5. The van der Waals surface area contributed by atoms with Crippen LogP contribution in [0.15, 0.2) is 12.2 Å². The van der Waals surface area contributed by atoms with E-state index in [1.165, 1.54) is 7.11 Å². The lowest BCUT2D eigenvalue weighted by Gasteiger charge is -2.53. The zero-order chi connectivity index (χ0) is 14.0. The van der Waals surface area contributed by atoms with Crippen molar-refractivity contribution in [2.75, 3.05) is 7.11 Å². The second-order valence-electron chi connectivity index (χ2n) is 6.46. The summed E-state index contributed by atoms with van der Waals surface area (Å²) in [5.41, 5.74) is -0.123. The fourth-order valence-corrected chi connectivity index (χ4v) is 4.36. The molecule has 0 aromatic carbocycles. The van der Waals surface area contributed by atoms with E-state index in [9.17, 15) is 9.59 Å². The highest BCUT2D eigenvalue weighted by Crippen LogP contribution is 2.64. The summed E-state index contributed by atoms with van der Waals surface area (Å²) in [7, 11) is 1.33. The van der Waals surface area contributed by atoms with E-state index in [1.54, 1.807) is 0 Å². The largest absolute Gasteiger partial charge is 0.468 e. The van der Waals surface area contributed by atoms with Gasteiger partial charge in [-0.2, -0.15) is 0 Å². The van der Waals surface area contributed by atoms with Crippen molar-refractivity contribution >= 4 is 11.9 Å². The number of esters is 2. The molecule has 104 valence electrons. The zero-order valence-electron chi connectivity index (χ0n) is 11.7. The van der Waals surface area contributed by atoms with Crippen molar-refractivity contribution in [3.63, 3.8) is 0 Å². The molecule has 1 heterocycles. The van der Waals surface area contributed by atoms with Gasteiger partial charge in [0, 0.05) is 5.92 Å². The van der Waals surface area contributed by atoms with Crippen LogP contribution in [0.4, 0.5) is 0 Å². The van der Waals surface area contributed by atoms with Crippen molar-refractivity contribution in [1.82, 2.24) is 0 Å². The van der Waals surface area contributed by atoms with Crippen molar-refractivity contribution < 1.29 is 19.1 Å². The van der Waals surface area contributed by atoms with Gasteiger partial charge in [-0.1, -0.05) is 26.0 Å². The molecule has 5 atom stereocenters. The third kappa shape index (κ3) is 1.25. The average Bonchev–Trinajstić information content (AvgIpc) is 2.67. The van der Waals surface area contributed by atoms with Gasteiger partial charge in [0.25, 0.3) is 0 Å². The number of methoxy groups -OCH3 is 1. The first-order valence-electron chi connectivity index (χ1n) is 6.86. The predicted molar refractivity (Wildman–Crippen MR) is 68.1 cm³/mol. The Morgan fingerprint density at radius 2 is 2.16 bits per heavy atom.